The van der Waals surface area contributed by atoms with Gasteiger partial charge in [-0.05, 0) is 45.4 Å². The van der Waals surface area contributed by atoms with E-state index in [1.165, 1.54) is 0 Å². The van der Waals surface area contributed by atoms with Crippen LogP contribution in [-0.2, 0) is 11.3 Å². The molecule has 0 saturated carbocycles. The fourth-order valence-corrected chi connectivity index (χ4v) is 3.07. The van der Waals surface area contributed by atoms with Gasteiger partial charge in [-0.15, -0.1) is 0 Å². The molecule has 2 aromatic heterocycles. The predicted molar refractivity (Wildman–Crippen MR) is 87.0 cm³/mol. The molecule has 0 spiro atoms. The Hall–Kier alpha value is -2.28. The lowest BCUT2D eigenvalue weighted by molar-refractivity contribution is -0.117. The summed E-state index contributed by atoms with van der Waals surface area (Å²) in [7, 11) is 0. The molecular formula is C16H22N6O. The molecule has 3 rings (SSSR count). The molecule has 1 fully saturated rings. The molecule has 1 aliphatic heterocycles. The molecule has 7 nitrogen and oxygen atoms in total. The summed E-state index contributed by atoms with van der Waals surface area (Å²) in [6.07, 6.45) is 5.53. The minimum absolute atomic E-state index is 0.00334. The quantitative estimate of drug-likeness (QED) is 0.902. The van der Waals surface area contributed by atoms with E-state index < -0.39 is 0 Å². The molecule has 1 saturated heterocycles. The third-order valence-electron chi connectivity index (χ3n) is 4.14. The Morgan fingerprint density at radius 2 is 2.30 bits per heavy atom. The van der Waals surface area contributed by atoms with Gasteiger partial charge in [0, 0.05) is 12.2 Å². The van der Waals surface area contributed by atoms with Gasteiger partial charge < -0.3 is 5.32 Å². The van der Waals surface area contributed by atoms with Gasteiger partial charge in [0.15, 0.2) is 0 Å². The van der Waals surface area contributed by atoms with Crippen LogP contribution in [0, 0.1) is 13.8 Å². The molecule has 2 aromatic rings. The number of nitrogens with zero attached hydrogens (tertiary/aromatic N) is 5. The molecule has 3 heterocycles. The van der Waals surface area contributed by atoms with Crippen molar-refractivity contribution in [1.29, 1.82) is 0 Å². The summed E-state index contributed by atoms with van der Waals surface area (Å²) in [5.74, 6) is 1.71. The maximum absolute atomic E-state index is 12.2. The van der Waals surface area contributed by atoms with Gasteiger partial charge in [-0.1, -0.05) is 0 Å². The van der Waals surface area contributed by atoms with Crippen molar-refractivity contribution in [2.75, 3.05) is 18.4 Å². The van der Waals surface area contributed by atoms with Crippen molar-refractivity contribution in [3.63, 3.8) is 0 Å². The van der Waals surface area contributed by atoms with Crippen molar-refractivity contribution in [2.45, 2.75) is 39.3 Å². The lowest BCUT2D eigenvalue weighted by Crippen LogP contribution is -2.39. The van der Waals surface area contributed by atoms with E-state index in [9.17, 15) is 4.79 Å². The van der Waals surface area contributed by atoms with Gasteiger partial charge in [0.1, 0.15) is 11.6 Å². The standard InChI is InChI=1S/C16H22N6O/c1-12-18-13(2)22(20-12)10-15-6-4-8-21(15)11-16(23)19-14-5-3-7-17-9-14/h3,5,7,9,15H,4,6,8,10-11H2,1-2H3,(H,19,23)/t15-/m1/s1. The highest BCUT2D eigenvalue weighted by atomic mass is 16.2. The second-order valence-electron chi connectivity index (χ2n) is 5.94. The Bertz CT molecular complexity index is 668. The fraction of sp³-hybridized carbons (Fsp3) is 0.500. The molecule has 122 valence electrons. The zero-order valence-electron chi connectivity index (χ0n) is 13.6. The smallest absolute Gasteiger partial charge is 0.238 e. The Morgan fingerprint density at radius 1 is 1.43 bits per heavy atom. The van der Waals surface area contributed by atoms with Crippen LogP contribution in [0.3, 0.4) is 0 Å². The van der Waals surface area contributed by atoms with E-state index in [2.05, 4.69) is 25.3 Å². The molecule has 23 heavy (non-hydrogen) atoms. The first kappa shape index (κ1) is 15.6. The lowest BCUT2D eigenvalue weighted by Gasteiger charge is -2.24. The van der Waals surface area contributed by atoms with Crippen LogP contribution in [0.5, 0.6) is 0 Å². The molecule has 1 N–H and O–H groups in total. The minimum atomic E-state index is -0.00334. The van der Waals surface area contributed by atoms with Crippen LogP contribution in [0.15, 0.2) is 24.5 Å². The highest BCUT2D eigenvalue weighted by Crippen LogP contribution is 2.19. The molecule has 1 amide bonds. The molecule has 0 aliphatic carbocycles. The van der Waals surface area contributed by atoms with Crippen molar-refractivity contribution in [2.24, 2.45) is 0 Å². The number of carbonyl (C=O) groups is 1. The first-order valence-electron chi connectivity index (χ1n) is 7.94. The molecule has 0 unspecified atom stereocenters. The summed E-state index contributed by atoms with van der Waals surface area (Å²) >= 11 is 0. The zero-order valence-corrected chi connectivity index (χ0v) is 13.6. The van der Waals surface area contributed by atoms with E-state index in [0.717, 1.165) is 43.3 Å². The number of hydrogen-bond donors (Lipinski definition) is 1. The Balaban J connectivity index is 1.58. The highest BCUT2D eigenvalue weighted by molar-refractivity contribution is 5.92. The molecule has 1 aliphatic rings. The van der Waals surface area contributed by atoms with Gasteiger partial charge in [0.05, 0.1) is 25.0 Å². The van der Waals surface area contributed by atoms with Crippen LogP contribution in [0.4, 0.5) is 5.69 Å². The summed E-state index contributed by atoms with van der Waals surface area (Å²) < 4.78 is 1.94. The Morgan fingerprint density at radius 3 is 3.00 bits per heavy atom. The highest BCUT2D eigenvalue weighted by Gasteiger charge is 2.27. The van der Waals surface area contributed by atoms with E-state index >= 15 is 0 Å². The topological polar surface area (TPSA) is 75.9 Å². The zero-order chi connectivity index (χ0) is 16.2. The van der Waals surface area contributed by atoms with E-state index in [-0.39, 0.29) is 5.91 Å². The molecule has 0 bridgehead atoms. The van der Waals surface area contributed by atoms with Gasteiger partial charge in [-0.2, -0.15) is 5.10 Å². The summed E-state index contributed by atoms with van der Waals surface area (Å²) in [6, 6.07) is 3.98. The van der Waals surface area contributed by atoms with Crippen LogP contribution in [0.25, 0.3) is 0 Å². The van der Waals surface area contributed by atoms with Crippen molar-refractivity contribution in [3.05, 3.63) is 36.2 Å². The fourth-order valence-electron chi connectivity index (χ4n) is 3.07. The number of rotatable bonds is 5. The van der Waals surface area contributed by atoms with Crippen LogP contribution in [0.1, 0.15) is 24.5 Å². The molecule has 0 aromatic carbocycles. The van der Waals surface area contributed by atoms with Gasteiger partial charge in [0.2, 0.25) is 5.91 Å². The third kappa shape index (κ3) is 3.92. The first-order chi connectivity index (χ1) is 11.1. The number of carbonyl (C=O) groups excluding carboxylic acids is 1. The van der Waals surface area contributed by atoms with E-state index in [0.29, 0.717) is 12.6 Å². The maximum Gasteiger partial charge on any atom is 0.238 e. The number of amides is 1. The second kappa shape index (κ2) is 6.87. The minimum Gasteiger partial charge on any atom is -0.324 e. The van der Waals surface area contributed by atoms with Crippen molar-refractivity contribution >= 4 is 11.6 Å². The van der Waals surface area contributed by atoms with E-state index in [1.807, 2.05) is 30.7 Å². The van der Waals surface area contributed by atoms with Gasteiger partial charge >= 0.3 is 0 Å². The maximum atomic E-state index is 12.2. The lowest BCUT2D eigenvalue weighted by atomic mass is 10.2. The number of hydrogen-bond acceptors (Lipinski definition) is 5. The largest absolute Gasteiger partial charge is 0.324 e. The first-order valence-corrected chi connectivity index (χ1v) is 7.94. The number of pyridine rings is 1. The summed E-state index contributed by atoms with van der Waals surface area (Å²) in [5, 5.41) is 7.32. The number of aryl methyl sites for hydroxylation is 2. The van der Waals surface area contributed by atoms with Crippen molar-refractivity contribution in [3.8, 4) is 0 Å². The van der Waals surface area contributed by atoms with E-state index in [4.69, 9.17) is 0 Å². The van der Waals surface area contributed by atoms with Crippen molar-refractivity contribution in [1.82, 2.24) is 24.6 Å². The molecule has 7 heteroatoms. The van der Waals surface area contributed by atoms with E-state index in [1.54, 1.807) is 12.4 Å². The summed E-state index contributed by atoms with van der Waals surface area (Å²) in [5.41, 5.74) is 0.732. The summed E-state index contributed by atoms with van der Waals surface area (Å²) in [4.78, 5) is 22.8. The van der Waals surface area contributed by atoms with Crippen molar-refractivity contribution < 1.29 is 4.79 Å². The van der Waals surface area contributed by atoms with Gasteiger partial charge in [-0.25, -0.2) is 9.67 Å². The second-order valence-corrected chi connectivity index (χ2v) is 5.94. The van der Waals surface area contributed by atoms with Gasteiger partial charge in [0.25, 0.3) is 0 Å². The number of anilines is 1. The van der Waals surface area contributed by atoms with Crippen LogP contribution < -0.4 is 5.32 Å². The normalized spacial score (nSPS) is 18.3. The van der Waals surface area contributed by atoms with Gasteiger partial charge in [-0.3, -0.25) is 14.7 Å². The molecule has 0 radical (unpaired) electrons. The number of nitrogens with one attached hydrogen (secondary N) is 1. The SMILES string of the molecule is Cc1nc(C)n(C[C@H]2CCCN2CC(=O)Nc2cccnc2)n1. The molecular weight excluding hydrogens is 292 g/mol. The summed E-state index contributed by atoms with van der Waals surface area (Å²) in [6.45, 7) is 5.99. The predicted octanol–water partition coefficient (Wildman–Crippen LogP) is 1.39. The number of likely N-dealkylation sites (tertiary alicyclic amines) is 1. The average Bonchev–Trinajstić information content (AvgIpc) is 3.07. The third-order valence-corrected chi connectivity index (χ3v) is 4.14. The monoisotopic (exact) mass is 314 g/mol. The average molecular weight is 314 g/mol. The molecule has 1 atom stereocenters. The Kier molecular flexibility index (Phi) is 4.66. The van der Waals surface area contributed by atoms with Crippen LogP contribution in [-0.4, -0.2) is 49.7 Å². The van der Waals surface area contributed by atoms with Crippen LogP contribution in [0.2, 0.25) is 0 Å². The number of aromatic nitrogens is 4. The van der Waals surface area contributed by atoms with Crippen LogP contribution >= 0.6 is 0 Å². The Labute approximate surface area is 135 Å².